The molecule has 148 valence electrons. The SMILES string of the molecule is C.CC.CC(C)(C)OCCc1ccccc1.CC(C)(C)c1ccccc1. The van der Waals surface area contributed by atoms with Crippen molar-refractivity contribution in [2.45, 2.75) is 80.3 Å². The Labute approximate surface area is 163 Å². The lowest BCUT2D eigenvalue weighted by Crippen LogP contribution is -2.20. The first-order chi connectivity index (χ1) is 11.7. The first-order valence-corrected chi connectivity index (χ1v) is 9.42. The fraction of sp³-hybridized carbons (Fsp3) is 0.520. The number of hydrogen-bond acceptors (Lipinski definition) is 1. The number of hydrogen-bond donors (Lipinski definition) is 0. The van der Waals surface area contributed by atoms with Crippen LogP contribution in [0.3, 0.4) is 0 Å². The van der Waals surface area contributed by atoms with Gasteiger partial charge in [-0.1, -0.05) is 103 Å². The smallest absolute Gasteiger partial charge is 0.0598 e. The monoisotopic (exact) mass is 358 g/mol. The second-order valence-corrected chi connectivity index (χ2v) is 7.81. The summed E-state index contributed by atoms with van der Waals surface area (Å²) >= 11 is 0. The second kappa shape index (κ2) is 13.6. The van der Waals surface area contributed by atoms with Crippen LogP contribution in [0.1, 0.15) is 73.9 Å². The first-order valence-electron chi connectivity index (χ1n) is 9.42. The normalized spacial score (nSPS) is 10.5. The highest BCUT2D eigenvalue weighted by Crippen LogP contribution is 2.20. The van der Waals surface area contributed by atoms with E-state index in [9.17, 15) is 0 Å². The quantitative estimate of drug-likeness (QED) is 0.546. The summed E-state index contributed by atoms with van der Waals surface area (Å²) in [5.41, 5.74) is 3.01. The Morgan fingerprint density at radius 2 is 1.12 bits per heavy atom. The zero-order valence-electron chi connectivity index (χ0n) is 17.6. The summed E-state index contributed by atoms with van der Waals surface area (Å²) in [5, 5.41) is 0. The summed E-state index contributed by atoms with van der Waals surface area (Å²) in [6.45, 7) is 17.7. The van der Waals surface area contributed by atoms with Crippen LogP contribution in [0.2, 0.25) is 0 Å². The van der Waals surface area contributed by atoms with Gasteiger partial charge in [0.05, 0.1) is 12.2 Å². The van der Waals surface area contributed by atoms with Crippen molar-refractivity contribution in [1.29, 1.82) is 0 Å². The molecule has 0 aromatic heterocycles. The highest BCUT2D eigenvalue weighted by molar-refractivity contribution is 5.22. The molecule has 0 amide bonds. The maximum atomic E-state index is 5.63. The van der Waals surface area contributed by atoms with Crippen LogP contribution < -0.4 is 0 Å². The molecule has 0 bridgehead atoms. The minimum atomic E-state index is -0.0191. The Morgan fingerprint density at radius 3 is 1.46 bits per heavy atom. The first kappa shape index (κ1) is 26.6. The van der Waals surface area contributed by atoms with Crippen molar-refractivity contribution in [2.24, 2.45) is 0 Å². The summed E-state index contributed by atoms with van der Waals surface area (Å²) in [5.74, 6) is 0. The summed E-state index contributed by atoms with van der Waals surface area (Å²) in [4.78, 5) is 0. The van der Waals surface area contributed by atoms with Crippen LogP contribution in [-0.4, -0.2) is 12.2 Å². The van der Waals surface area contributed by atoms with Crippen molar-refractivity contribution in [3.63, 3.8) is 0 Å². The Kier molecular flexibility index (Phi) is 13.9. The minimum absolute atomic E-state index is 0. The van der Waals surface area contributed by atoms with Crippen molar-refractivity contribution in [3.05, 3.63) is 71.8 Å². The minimum Gasteiger partial charge on any atom is -0.376 e. The van der Waals surface area contributed by atoms with Crippen LogP contribution in [0.4, 0.5) is 0 Å². The van der Waals surface area contributed by atoms with E-state index in [1.807, 2.05) is 19.9 Å². The highest BCUT2D eigenvalue weighted by Gasteiger charge is 2.11. The van der Waals surface area contributed by atoms with Crippen LogP contribution in [0.15, 0.2) is 60.7 Å². The van der Waals surface area contributed by atoms with Gasteiger partial charge in [-0.25, -0.2) is 0 Å². The molecule has 0 aliphatic heterocycles. The Hall–Kier alpha value is -1.60. The van der Waals surface area contributed by atoms with Gasteiger partial charge in [-0.3, -0.25) is 0 Å². The van der Waals surface area contributed by atoms with Crippen molar-refractivity contribution in [2.75, 3.05) is 6.61 Å². The van der Waals surface area contributed by atoms with Gasteiger partial charge in [-0.2, -0.15) is 0 Å². The third-order valence-corrected chi connectivity index (χ3v) is 3.41. The van der Waals surface area contributed by atoms with E-state index in [0.717, 1.165) is 13.0 Å². The van der Waals surface area contributed by atoms with E-state index >= 15 is 0 Å². The predicted molar refractivity (Wildman–Crippen MR) is 119 cm³/mol. The van der Waals surface area contributed by atoms with Gasteiger partial charge in [-0.15, -0.1) is 0 Å². The van der Waals surface area contributed by atoms with Crippen LogP contribution in [0, 0.1) is 0 Å². The molecule has 0 saturated heterocycles. The van der Waals surface area contributed by atoms with E-state index in [1.54, 1.807) is 0 Å². The predicted octanol–water partition coefficient (Wildman–Crippen LogP) is 7.69. The molecule has 0 radical (unpaired) electrons. The zero-order chi connectivity index (χ0) is 19.3. The largest absolute Gasteiger partial charge is 0.376 e. The maximum absolute atomic E-state index is 5.63. The van der Waals surface area contributed by atoms with Crippen LogP contribution >= 0.6 is 0 Å². The lowest BCUT2D eigenvalue weighted by molar-refractivity contribution is -0.000976. The second-order valence-electron chi connectivity index (χ2n) is 7.81. The maximum Gasteiger partial charge on any atom is 0.0598 e. The van der Waals surface area contributed by atoms with Crippen LogP contribution in [0.25, 0.3) is 0 Å². The molecule has 0 fully saturated rings. The average molecular weight is 359 g/mol. The van der Waals surface area contributed by atoms with Gasteiger partial charge in [0.2, 0.25) is 0 Å². The third-order valence-electron chi connectivity index (χ3n) is 3.41. The van der Waals surface area contributed by atoms with Crippen molar-refractivity contribution in [3.8, 4) is 0 Å². The molecule has 0 heterocycles. The summed E-state index contributed by atoms with van der Waals surface area (Å²) in [6, 6.07) is 21.0. The molecule has 2 aromatic carbocycles. The summed E-state index contributed by atoms with van der Waals surface area (Å²) in [6.07, 6.45) is 0.998. The molecule has 0 unspecified atom stereocenters. The molecule has 0 atom stereocenters. The van der Waals surface area contributed by atoms with Crippen molar-refractivity contribution >= 4 is 0 Å². The number of ether oxygens (including phenoxy) is 1. The molecule has 2 rings (SSSR count). The van der Waals surface area contributed by atoms with Gasteiger partial charge in [0, 0.05) is 0 Å². The average Bonchev–Trinajstić information content (AvgIpc) is 2.57. The molecule has 1 heteroatoms. The van der Waals surface area contributed by atoms with Gasteiger partial charge in [0.25, 0.3) is 0 Å². The molecule has 0 spiro atoms. The Morgan fingerprint density at radius 1 is 0.692 bits per heavy atom. The van der Waals surface area contributed by atoms with E-state index in [-0.39, 0.29) is 13.0 Å². The number of rotatable bonds is 3. The van der Waals surface area contributed by atoms with Gasteiger partial charge in [0.1, 0.15) is 0 Å². The Bertz CT molecular complexity index is 530. The fourth-order valence-corrected chi connectivity index (χ4v) is 2.06. The molecule has 26 heavy (non-hydrogen) atoms. The fourth-order valence-electron chi connectivity index (χ4n) is 2.06. The Balaban J connectivity index is 0. The lowest BCUT2D eigenvalue weighted by Gasteiger charge is -2.19. The summed E-state index contributed by atoms with van der Waals surface area (Å²) in [7, 11) is 0. The molecule has 0 N–H and O–H groups in total. The molecular weight excluding hydrogens is 316 g/mol. The molecule has 0 aliphatic rings. The van der Waals surface area contributed by atoms with Crippen LogP contribution in [0.5, 0.6) is 0 Å². The van der Waals surface area contributed by atoms with E-state index in [0.29, 0.717) is 5.41 Å². The molecular formula is C25H42O. The van der Waals surface area contributed by atoms with Gasteiger partial charge < -0.3 is 4.74 Å². The van der Waals surface area contributed by atoms with Crippen molar-refractivity contribution in [1.82, 2.24) is 0 Å². The van der Waals surface area contributed by atoms with Crippen LogP contribution in [-0.2, 0) is 16.6 Å². The molecule has 0 saturated carbocycles. The highest BCUT2D eigenvalue weighted by atomic mass is 16.5. The molecule has 1 nitrogen and oxygen atoms in total. The standard InChI is InChI=1S/C12H18O.C10H14.C2H6.CH4/c1-12(2,3)13-10-9-11-7-5-4-6-8-11;1-10(2,3)9-7-5-4-6-8-9;1-2;/h4-8H,9-10H2,1-3H3;4-8H,1-3H3;1-2H3;1H4. The third kappa shape index (κ3) is 13.7. The van der Waals surface area contributed by atoms with Gasteiger partial charge in [-0.05, 0) is 43.7 Å². The number of benzene rings is 2. The van der Waals surface area contributed by atoms with E-state index in [2.05, 4.69) is 96.1 Å². The van der Waals surface area contributed by atoms with E-state index in [1.165, 1.54) is 11.1 Å². The molecule has 0 aliphatic carbocycles. The van der Waals surface area contributed by atoms with Gasteiger partial charge in [0.15, 0.2) is 0 Å². The van der Waals surface area contributed by atoms with E-state index < -0.39 is 0 Å². The molecule has 2 aromatic rings. The van der Waals surface area contributed by atoms with Gasteiger partial charge >= 0.3 is 0 Å². The summed E-state index contributed by atoms with van der Waals surface area (Å²) < 4.78 is 5.63. The van der Waals surface area contributed by atoms with E-state index in [4.69, 9.17) is 4.74 Å². The lowest BCUT2D eigenvalue weighted by atomic mass is 9.87. The zero-order valence-corrected chi connectivity index (χ0v) is 17.6. The topological polar surface area (TPSA) is 9.23 Å². The van der Waals surface area contributed by atoms with Crippen molar-refractivity contribution < 1.29 is 4.74 Å².